The van der Waals surface area contributed by atoms with Crippen LogP contribution in [0.1, 0.15) is 54.0 Å². The van der Waals surface area contributed by atoms with Crippen LogP contribution in [0.25, 0.3) is 0 Å². The molecule has 2 atom stereocenters. The van der Waals surface area contributed by atoms with E-state index in [0.29, 0.717) is 23.4 Å². The van der Waals surface area contributed by atoms with Crippen molar-refractivity contribution >= 4 is 40.6 Å². The van der Waals surface area contributed by atoms with Crippen molar-refractivity contribution in [2.75, 3.05) is 5.75 Å². The maximum Gasteiger partial charge on any atom is 0.329 e. The summed E-state index contributed by atoms with van der Waals surface area (Å²) in [6, 6.07) is 11.4. The summed E-state index contributed by atoms with van der Waals surface area (Å²) in [5, 5.41) is 8.02. The Morgan fingerprint density at radius 2 is 1.85 bits per heavy atom. The third kappa shape index (κ3) is 10.0. The molecule has 0 saturated carbocycles. The lowest BCUT2D eigenvalue weighted by Gasteiger charge is -2.22. The number of esters is 1. The van der Waals surface area contributed by atoms with Crippen LogP contribution < -0.4 is 16.0 Å². The van der Waals surface area contributed by atoms with Gasteiger partial charge in [0.25, 0.3) is 11.8 Å². The number of amides is 3. The molecule has 0 unspecified atom stereocenters. The van der Waals surface area contributed by atoms with Crippen LogP contribution in [-0.4, -0.2) is 51.7 Å². The van der Waals surface area contributed by atoms with Crippen molar-refractivity contribution in [3.8, 4) is 0 Å². The number of thioether (sulfide) groups is 1. The number of pyridine rings is 1. The van der Waals surface area contributed by atoms with Crippen LogP contribution in [0.2, 0.25) is 0 Å². The number of benzene rings is 1. The summed E-state index contributed by atoms with van der Waals surface area (Å²) >= 11 is 1.18. The van der Waals surface area contributed by atoms with Gasteiger partial charge in [0, 0.05) is 19.1 Å². The molecule has 3 rings (SSSR count). The molecule has 2 heterocycles. The lowest BCUT2D eigenvalue weighted by Crippen LogP contribution is -2.47. The summed E-state index contributed by atoms with van der Waals surface area (Å²) in [6.45, 7) is 4.85. The third-order valence-corrected chi connectivity index (χ3v) is 6.93. The summed E-state index contributed by atoms with van der Waals surface area (Å²) in [5.74, 6) is -1.86. The number of carbonyl (C=O) groups is 5. The number of carbonyl (C=O) groups excluding carboxylic acids is 5. The lowest BCUT2D eigenvalue weighted by molar-refractivity contribution is -0.151. The van der Waals surface area contributed by atoms with E-state index in [2.05, 4.69) is 20.9 Å². The fourth-order valence-corrected chi connectivity index (χ4v) is 4.50. The van der Waals surface area contributed by atoms with E-state index in [1.807, 2.05) is 30.3 Å². The first-order chi connectivity index (χ1) is 19.7. The Morgan fingerprint density at radius 3 is 2.56 bits per heavy atom. The predicted molar refractivity (Wildman–Crippen MR) is 156 cm³/mol. The quantitative estimate of drug-likeness (QED) is 0.206. The summed E-state index contributed by atoms with van der Waals surface area (Å²) in [5.41, 5.74) is 1.87. The van der Waals surface area contributed by atoms with Gasteiger partial charge in [0.15, 0.2) is 5.12 Å². The minimum atomic E-state index is -1.11. The second-order valence-electron chi connectivity index (χ2n) is 9.35. The van der Waals surface area contributed by atoms with Crippen LogP contribution in [0.3, 0.4) is 0 Å². The number of ether oxygens (including phenoxy) is 1. The minimum absolute atomic E-state index is 0.00188. The largest absolute Gasteiger partial charge is 0.456 e. The van der Waals surface area contributed by atoms with Gasteiger partial charge in [-0.15, -0.1) is 0 Å². The highest BCUT2D eigenvalue weighted by Gasteiger charge is 2.28. The Kier molecular flexibility index (Phi) is 11.8. The van der Waals surface area contributed by atoms with E-state index in [4.69, 9.17) is 4.74 Å². The Balaban J connectivity index is 1.94. The highest BCUT2D eigenvalue weighted by atomic mass is 32.2. The number of cyclic esters (lactones) is 1. The number of nitrogens with zero attached hydrogens (tertiary/aromatic N) is 1. The highest BCUT2D eigenvalue weighted by molar-refractivity contribution is 8.13. The molecule has 11 heteroatoms. The number of fused-ring (bicyclic) bond motifs is 2. The SMILES string of the molecule is C/C=C1\NC(=O)c2nc(ccc2C)CNC(=O)C[C@@H](/C=C/CCSC(C)=O)OC(=O)[C@H](Cc2ccccc2)NC1=O. The molecule has 3 amide bonds. The van der Waals surface area contributed by atoms with E-state index in [1.54, 1.807) is 38.1 Å². The molecular formula is C30H34N4O6S. The standard InChI is InChI=1S/C30H34N4O6S/c1-4-24-28(37)34-25(16-21-10-6-5-7-11-21)30(39)40-23(12-8-9-15-41-20(3)35)17-26(36)31-18-22-14-13-19(2)27(32-22)29(38)33-24/h4-8,10-14,23,25H,9,15-18H2,1-3H3,(H,31,36)(H,33,38)(H,34,37)/b12-8+,24-4-/t23-,25+/m1/s1. The van der Waals surface area contributed by atoms with Gasteiger partial charge >= 0.3 is 5.97 Å². The Morgan fingerprint density at radius 1 is 1.10 bits per heavy atom. The van der Waals surface area contributed by atoms with E-state index in [0.717, 1.165) is 5.56 Å². The van der Waals surface area contributed by atoms with Crippen LogP contribution >= 0.6 is 11.8 Å². The molecule has 0 saturated heterocycles. The third-order valence-electron chi connectivity index (χ3n) is 6.09. The molecule has 0 aliphatic carbocycles. The van der Waals surface area contributed by atoms with Crippen LogP contribution in [-0.2, 0) is 36.9 Å². The molecule has 1 aliphatic heterocycles. The highest BCUT2D eigenvalue weighted by Crippen LogP contribution is 2.13. The molecule has 3 N–H and O–H groups in total. The molecule has 0 fully saturated rings. The first kappa shape index (κ1) is 31.3. The average molecular weight is 579 g/mol. The van der Waals surface area contributed by atoms with Gasteiger partial charge in [0.05, 0.1) is 18.7 Å². The van der Waals surface area contributed by atoms with Crippen molar-refractivity contribution in [2.24, 2.45) is 0 Å². The number of aryl methyl sites for hydroxylation is 1. The van der Waals surface area contributed by atoms with Crippen LogP contribution in [0.4, 0.5) is 0 Å². The number of hydrogen-bond donors (Lipinski definition) is 3. The smallest absolute Gasteiger partial charge is 0.329 e. The zero-order valence-electron chi connectivity index (χ0n) is 23.3. The van der Waals surface area contributed by atoms with Gasteiger partial charge in [-0.25, -0.2) is 9.78 Å². The molecule has 2 bridgehead atoms. The molecule has 10 nitrogen and oxygen atoms in total. The summed E-state index contributed by atoms with van der Waals surface area (Å²) in [6.07, 6.45) is 4.36. The maximum absolute atomic E-state index is 13.4. The van der Waals surface area contributed by atoms with Gasteiger partial charge < -0.3 is 20.7 Å². The number of hydrogen-bond acceptors (Lipinski definition) is 8. The molecule has 1 aromatic carbocycles. The van der Waals surface area contributed by atoms with Crippen molar-refractivity contribution in [2.45, 2.75) is 58.7 Å². The maximum atomic E-state index is 13.4. The molecule has 1 aromatic heterocycles. The van der Waals surface area contributed by atoms with Gasteiger partial charge in [0.2, 0.25) is 5.91 Å². The normalized spacial score (nSPS) is 19.8. The second kappa shape index (κ2) is 15.5. The first-order valence-corrected chi connectivity index (χ1v) is 14.2. The fraction of sp³-hybridized carbons (Fsp3) is 0.333. The zero-order chi connectivity index (χ0) is 29.8. The van der Waals surface area contributed by atoms with Crippen LogP contribution in [0, 0.1) is 6.92 Å². The van der Waals surface area contributed by atoms with Gasteiger partial charge in [-0.1, -0.05) is 60.3 Å². The van der Waals surface area contributed by atoms with Crippen molar-refractivity contribution < 1.29 is 28.7 Å². The van der Waals surface area contributed by atoms with Crippen LogP contribution in [0.15, 0.2) is 66.4 Å². The van der Waals surface area contributed by atoms with Crippen LogP contribution in [0.5, 0.6) is 0 Å². The van der Waals surface area contributed by atoms with Gasteiger partial charge in [0.1, 0.15) is 23.5 Å². The molecule has 0 radical (unpaired) electrons. The zero-order valence-corrected chi connectivity index (χ0v) is 24.1. The summed E-state index contributed by atoms with van der Waals surface area (Å²) in [7, 11) is 0. The van der Waals surface area contributed by atoms with Crippen molar-refractivity contribution in [3.05, 3.63) is 88.9 Å². The fourth-order valence-electron chi connectivity index (χ4n) is 3.96. The number of rotatable bonds is 6. The molecule has 216 valence electrons. The lowest BCUT2D eigenvalue weighted by atomic mass is 10.1. The predicted octanol–water partition coefficient (Wildman–Crippen LogP) is 2.91. The monoisotopic (exact) mass is 578 g/mol. The summed E-state index contributed by atoms with van der Waals surface area (Å²) in [4.78, 5) is 68.1. The molecule has 2 aromatic rings. The van der Waals surface area contributed by atoms with E-state index >= 15 is 0 Å². The average Bonchev–Trinajstić information content (AvgIpc) is 2.94. The molecule has 41 heavy (non-hydrogen) atoms. The first-order valence-electron chi connectivity index (χ1n) is 13.2. The van der Waals surface area contributed by atoms with E-state index < -0.39 is 35.8 Å². The van der Waals surface area contributed by atoms with Gasteiger partial charge in [-0.05, 0) is 43.5 Å². The van der Waals surface area contributed by atoms with Gasteiger partial charge in [-0.3, -0.25) is 19.2 Å². The molecular weight excluding hydrogens is 544 g/mol. The minimum Gasteiger partial charge on any atom is -0.456 e. The topological polar surface area (TPSA) is 144 Å². The van der Waals surface area contributed by atoms with Gasteiger partial charge in [-0.2, -0.15) is 0 Å². The van der Waals surface area contributed by atoms with E-state index in [9.17, 15) is 24.0 Å². The summed E-state index contributed by atoms with van der Waals surface area (Å²) < 4.78 is 5.73. The number of nitrogens with one attached hydrogen (secondary N) is 3. The number of allylic oxidation sites excluding steroid dienone is 2. The second-order valence-corrected chi connectivity index (χ2v) is 10.6. The van der Waals surface area contributed by atoms with Crippen molar-refractivity contribution in [1.82, 2.24) is 20.9 Å². The Labute approximate surface area is 243 Å². The Bertz CT molecular complexity index is 1340. The molecule has 1 aliphatic rings. The Hall–Kier alpha value is -4.25. The molecule has 0 spiro atoms. The van der Waals surface area contributed by atoms with E-state index in [-0.39, 0.29) is 35.9 Å². The van der Waals surface area contributed by atoms with Crippen molar-refractivity contribution in [3.63, 3.8) is 0 Å². The van der Waals surface area contributed by atoms with Crippen molar-refractivity contribution in [1.29, 1.82) is 0 Å². The van der Waals surface area contributed by atoms with E-state index in [1.165, 1.54) is 24.8 Å². The number of aromatic nitrogens is 1.